The van der Waals surface area contributed by atoms with Crippen LogP contribution in [0.3, 0.4) is 0 Å². The highest BCUT2D eigenvalue weighted by molar-refractivity contribution is 14.1. The van der Waals surface area contributed by atoms with Crippen molar-refractivity contribution in [1.29, 1.82) is 0 Å². The minimum atomic E-state index is -0.754. The number of fused-ring (bicyclic) bond motifs is 1. The fourth-order valence-electron chi connectivity index (χ4n) is 1.05. The molecule has 0 aliphatic rings. The molecule has 0 unspecified atom stereocenters. The third kappa shape index (κ3) is 1.18. The Morgan fingerprint density at radius 1 is 1.64 bits per heavy atom. The standard InChI is InChI=1S/C6H3IN4O3/c7-3-1-9-10-5(3)8-2-4(6(10)12)11(13)14/h1-2,9H. The van der Waals surface area contributed by atoms with Gasteiger partial charge in [0.1, 0.15) is 6.20 Å². The average Bonchev–Trinajstić information content (AvgIpc) is 2.49. The number of halogens is 1. The minimum absolute atomic E-state index is 0.390. The molecule has 0 saturated heterocycles. The molecule has 2 rings (SSSR count). The first-order valence-corrected chi connectivity index (χ1v) is 4.58. The van der Waals surface area contributed by atoms with Crippen LogP contribution in [0.2, 0.25) is 0 Å². The summed E-state index contributed by atoms with van der Waals surface area (Å²) in [5.41, 5.74) is -0.857. The molecule has 0 aliphatic heterocycles. The molecular weight excluding hydrogens is 303 g/mol. The molecule has 2 aromatic rings. The lowest BCUT2D eigenvalue weighted by Crippen LogP contribution is -2.18. The van der Waals surface area contributed by atoms with E-state index in [9.17, 15) is 14.9 Å². The SMILES string of the molecule is O=c1c([N+](=O)[O-])cnc2c(I)c[nH]n12. The van der Waals surface area contributed by atoms with E-state index in [1.54, 1.807) is 6.20 Å². The third-order valence-corrected chi connectivity index (χ3v) is 2.47. The Hall–Kier alpha value is -1.45. The highest BCUT2D eigenvalue weighted by atomic mass is 127. The van der Waals surface area contributed by atoms with Gasteiger partial charge in [-0.15, -0.1) is 0 Å². The molecule has 0 spiro atoms. The molecule has 0 amide bonds. The zero-order chi connectivity index (χ0) is 10.3. The summed E-state index contributed by atoms with van der Waals surface area (Å²) >= 11 is 1.98. The topological polar surface area (TPSA) is 93.3 Å². The normalized spacial score (nSPS) is 10.6. The van der Waals surface area contributed by atoms with Gasteiger partial charge in [-0.25, -0.2) is 4.98 Å². The highest BCUT2D eigenvalue weighted by Gasteiger charge is 2.16. The van der Waals surface area contributed by atoms with Gasteiger partial charge in [-0.1, -0.05) is 0 Å². The van der Waals surface area contributed by atoms with Crippen molar-refractivity contribution in [2.45, 2.75) is 0 Å². The number of H-pyrrole nitrogens is 1. The van der Waals surface area contributed by atoms with Crippen LogP contribution in [0.15, 0.2) is 17.2 Å². The molecule has 2 aromatic heterocycles. The zero-order valence-electron chi connectivity index (χ0n) is 6.60. The smallest absolute Gasteiger partial charge is 0.296 e. The van der Waals surface area contributed by atoms with Crippen LogP contribution in [0.5, 0.6) is 0 Å². The maximum Gasteiger partial charge on any atom is 0.354 e. The van der Waals surface area contributed by atoms with Crippen LogP contribution >= 0.6 is 22.6 Å². The summed E-state index contributed by atoms with van der Waals surface area (Å²) in [5.74, 6) is 0. The van der Waals surface area contributed by atoms with Gasteiger partial charge in [-0.05, 0) is 22.6 Å². The molecule has 72 valence electrons. The fourth-order valence-corrected chi connectivity index (χ4v) is 1.56. The molecule has 0 bridgehead atoms. The number of rotatable bonds is 1. The monoisotopic (exact) mass is 306 g/mol. The van der Waals surface area contributed by atoms with Gasteiger partial charge in [0.25, 0.3) is 0 Å². The van der Waals surface area contributed by atoms with E-state index in [4.69, 9.17) is 0 Å². The van der Waals surface area contributed by atoms with Crippen LogP contribution in [0, 0.1) is 13.7 Å². The second-order valence-electron chi connectivity index (χ2n) is 2.49. The number of nitrogens with one attached hydrogen (secondary N) is 1. The summed E-state index contributed by atoms with van der Waals surface area (Å²) in [6, 6.07) is 0. The molecular formula is C6H3IN4O3. The van der Waals surface area contributed by atoms with E-state index in [2.05, 4.69) is 10.1 Å². The second kappa shape index (κ2) is 3.04. The highest BCUT2D eigenvalue weighted by Crippen LogP contribution is 2.10. The van der Waals surface area contributed by atoms with Gasteiger partial charge in [0.2, 0.25) is 0 Å². The van der Waals surface area contributed by atoms with Crippen LogP contribution in [0.1, 0.15) is 0 Å². The van der Waals surface area contributed by atoms with Crippen molar-refractivity contribution in [2.24, 2.45) is 0 Å². The van der Waals surface area contributed by atoms with Crippen LogP contribution in [-0.4, -0.2) is 19.5 Å². The predicted octanol–water partition coefficient (Wildman–Crippen LogP) is 0.535. The Morgan fingerprint density at radius 3 is 3.00 bits per heavy atom. The summed E-state index contributed by atoms with van der Waals surface area (Å²) < 4.78 is 1.77. The van der Waals surface area contributed by atoms with Gasteiger partial charge in [0.15, 0.2) is 5.65 Å². The fraction of sp³-hybridized carbons (Fsp3) is 0. The average molecular weight is 306 g/mol. The van der Waals surface area contributed by atoms with E-state index in [1.807, 2.05) is 22.6 Å². The molecule has 14 heavy (non-hydrogen) atoms. The summed E-state index contributed by atoms with van der Waals surface area (Å²) in [6.07, 6.45) is 2.52. The van der Waals surface area contributed by atoms with Crippen molar-refractivity contribution in [2.75, 3.05) is 0 Å². The molecule has 7 nitrogen and oxygen atoms in total. The van der Waals surface area contributed by atoms with E-state index in [1.165, 1.54) is 0 Å². The van der Waals surface area contributed by atoms with Gasteiger partial charge < -0.3 is 0 Å². The Morgan fingerprint density at radius 2 is 2.36 bits per heavy atom. The Kier molecular flexibility index (Phi) is 1.98. The van der Waals surface area contributed by atoms with E-state index in [-0.39, 0.29) is 0 Å². The van der Waals surface area contributed by atoms with Crippen molar-refractivity contribution in [3.8, 4) is 0 Å². The number of aromatic amines is 1. The van der Waals surface area contributed by atoms with Crippen LogP contribution in [0.25, 0.3) is 5.65 Å². The van der Waals surface area contributed by atoms with Crippen LogP contribution in [0.4, 0.5) is 5.69 Å². The summed E-state index contributed by atoms with van der Waals surface area (Å²) in [5, 5.41) is 13.0. The van der Waals surface area contributed by atoms with Crippen molar-refractivity contribution in [1.82, 2.24) is 14.6 Å². The molecule has 0 fully saturated rings. The lowest BCUT2D eigenvalue weighted by Gasteiger charge is -1.92. The maximum absolute atomic E-state index is 11.4. The van der Waals surface area contributed by atoms with E-state index < -0.39 is 16.2 Å². The van der Waals surface area contributed by atoms with Crippen molar-refractivity contribution in [3.63, 3.8) is 0 Å². The van der Waals surface area contributed by atoms with Crippen LogP contribution < -0.4 is 5.56 Å². The van der Waals surface area contributed by atoms with Gasteiger partial charge in [0, 0.05) is 6.20 Å². The lowest BCUT2D eigenvalue weighted by molar-refractivity contribution is -0.386. The first kappa shape index (κ1) is 9.12. The zero-order valence-corrected chi connectivity index (χ0v) is 8.76. The Labute approximate surface area is 90.0 Å². The number of nitrogens with zero attached hydrogens (tertiary/aromatic N) is 3. The summed E-state index contributed by atoms with van der Waals surface area (Å²) in [7, 11) is 0. The molecule has 1 N–H and O–H groups in total. The first-order chi connectivity index (χ1) is 6.61. The minimum Gasteiger partial charge on any atom is -0.296 e. The lowest BCUT2D eigenvalue weighted by atomic mass is 10.5. The van der Waals surface area contributed by atoms with Crippen molar-refractivity contribution >= 4 is 33.9 Å². The summed E-state index contributed by atoms with van der Waals surface area (Å²) in [4.78, 5) is 24.9. The molecule has 0 radical (unpaired) electrons. The van der Waals surface area contributed by atoms with Gasteiger partial charge in [-0.2, -0.15) is 4.52 Å². The van der Waals surface area contributed by atoms with Crippen LogP contribution in [-0.2, 0) is 0 Å². The Balaban J connectivity index is 2.90. The predicted molar refractivity (Wildman–Crippen MR) is 55.2 cm³/mol. The number of hydrogen-bond acceptors (Lipinski definition) is 4. The van der Waals surface area contributed by atoms with Crippen molar-refractivity contribution < 1.29 is 4.92 Å². The van der Waals surface area contributed by atoms with E-state index >= 15 is 0 Å². The molecule has 8 heteroatoms. The van der Waals surface area contributed by atoms with E-state index in [0.29, 0.717) is 5.65 Å². The third-order valence-electron chi connectivity index (χ3n) is 1.67. The number of nitro groups is 1. The molecule has 0 aromatic carbocycles. The first-order valence-electron chi connectivity index (χ1n) is 3.50. The molecule has 0 aliphatic carbocycles. The largest absolute Gasteiger partial charge is 0.354 e. The van der Waals surface area contributed by atoms with Crippen molar-refractivity contribution in [3.05, 3.63) is 36.4 Å². The molecule has 0 saturated carbocycles. The van der Waals surface area contributed by atoms with Gasteiger partial charge in [0.05, 0.1) is 8.49 Å². The van der Waals surface area contributed by atoms with Gasteiger partial charge >= 0.3 is 11.2 Å². The Bertz CT molecular complexity index is 572. The second-order valence-corrected chi connectivity index (χ2v) is 3.65. The van der Waals surface area contributed by atoms with Gasteiger partial charge in [-0.3, -0.25) is 20.0 Å². The number of aromatic nitrogens is 3. The quantitative estimate of drug-likeness (QED) is 0.472. The summed E-state index contributed by atoms with van der Waals surface area (Å²) in [6.45, 7) is 0. The van der Waals surface area contributed by atoms with E-state index in [0.717, 1.165) is 14.3 Å². The maximum atomic E-state index is 11.4. The molecule has 2 heterocycles. The molecule has 0 atom stereocenters. The number of hydrogen-bond donors (Lipinski definition) is 1.